The summed E-state index contributed by atoms with van der Waals surface area (Å²) in [6.45, 7) is 8.91. The molecule has 0 aliphatic carbocycles. The predicted octanol–water partition coefficient (Wildman–Crippen LogP) is 7.42. The highest BCUT2D eigenvalue weighted by Crippen LogP contribution is 2.21. The summed E-state index contributed by atoms with van der Waals surface area (Å²) in [5, 5.41) is 0. The summed E-state index contributed by atoms with van der Waals surface area (Å²) in [5.74, 6) is 0.943. The first-order valence-electron chi connectivity index (χ1n) is 11.4. The molecule has 2 nitrogen and oxygen atoms in total. The second-order valence-electron chi connectivity index (χ2n) is 7.67. The van der Waals surface area contributed by atoms with Gasteiger partial charge >= 0.3 is 0 Å². The first-order valence-corrected chi connectivity index (χ1v) is 11.4. The summed E-state index contributed by atoms with van der Waals surface area (Å²) in [6.07, 6.45) is 21.3. The number of hydrogen-bond acceptors (Lipinski definition) is 2. The molecular formula is C24H43N2. The lowest BCUT2D eigenvalue weighted by Crippen LogP contribution is -2.10. The van der Waals surface area contributed by atoms with Crippen molar-refractivity contribution >= 4 is 0 Å². The number of rotatable bonds is 16. The van der Waals surface area contributed by atoms with Crippen LogP contribution in [0.5, 0.6) is 0 Å². The molecule has 0 aliphatic heterocycles. The molecule has 0 fully saturated rings. The van der Waals surface area contributed by atoms with Gasteiger partial charge in [0.1, 0.15) is 5.82 Å². The van der Waals surface area contributed by atoms with Crippen LogP contribution < -0.4 is 0 Å². The van der Waals surface area contributed by atoms with Crippen molar-refractivity contribution in [2.24, 2.45) is 0 Å². The maximum absolute atomic E-state index is 4.93. The minimum absolute atomic E-state index is 0.943. The van der Waals surface area contributed by atoms with Crippen LogP contribution in [0.3, 0.4) is 0 Å². The summed E-state index contributed by atoms with van der Waals surface area (Å²) in [5.41, 5.74) is 4.21. The lowest BCUT2D eigenvalue weighted by molar-refractivity contribution is 0.623. The van der Waals surface area contributed by atoms with E-state index in [-0.39, 0.29) is 0 Å². The van der Waals surface area contributed by atoms with Crippen molar-refractivity contribution < 1.29 is 0 Å². The van der Waals surface area contributed by atoms with Crippen LogP contribution in [-0.4, -0.2) is 9.97 Å². The van der Waals surface area contributed by atoms with Crippen molar-refractivity contribution in [2.75, 3.05) is 0 Å². The molecule has 149 valence electrons. The van der Waals surface area contributed by atoms with Gasteiger partial charge in [0.2, 0.25) is 0 Å². The van der Waals surface area contributed by atoms with Gasteiger partial charge in [-0.1, -0.05) is 85.5 Å². The molecule has 1 heterocycles. The van der Waals surface area contributed by atoms with Crippen molar-refractivity contribution in [3.63, 3.8) is 0 Å². The number of aromatic nitrogens is 2. The summed E-state index contributed by atoms with van der Waals surface area (Å²) < 4.78 is 0. The molecule has 2 heteroatoms. The van der Waals surface area contributed by atoms with Crippen LogP contribution in [0, 0.1) is 6.42 Å². The van der Waals surface area contributed by atoms with Crippen LogP contribution in [0.4, 0.5) is 0 Å². The lowest BCUT2D eigenvalue weighted by Gasteiger charge is -2.15. The number of unbranched alkanes of at least 4 members (excludes halogenated alkanes) is 9. The largest absolute Gasteiger partial charge is 0.237 e. The molecule has 0 unspecified atom stereocenters. The molecule has 0 spiro atoms. The average molecular weight is 360 g/mol. The average Bonchev–Trinajstić information content (AvgIpc) is 2.66. The number of nitrogens with zero attached hydrogens (tertiary/aromatic N) is 2. The topological polar surface area (TPSA) is 25.8 Å². The molecule has 0 atom stereocenters. The van der Waals surface area contributed by atoms with E-state index in [1.165, 1.54) is 100 Å². The van der Waals surface area contributed by atoms with E-state index < -0.39 is 0 Å². The standard InChI is InChI=1S/C24H43N2/c1-5-9-12-15-18-21-22(19-16-13-10-6-2)25-24(8-4)26-23(21)20-17-14-11-7-3/h8H,5-7,9-20H2,1-4H3. The Labute approximate surface area is 163 Å². The molecular weight excluding hydrogens is 316 g/mol. The second-order valence-corrected chi connectivity index (χ2v) is 7.67. The van der Waals surface area contributed by atoms with E-state index in [9.17, 15) is 0 Å². The Morgan fingerprint density at radius 2 is 1.00 bits per heavy atom. The first kappa shape index (κ1) is 23.1. The Kier molecular flexibility index (Phi) is 13.5. The van der Waals surface area contributed by atoms with E-state index in [2.05, 4.69) is 34.1 Å². The van der Waals surface area contributed by atoms with Gasteiger partial charge in [0.15, 0.2) is 0 Å². The molecule has 1 aromatic rings. The van der Waals surface area contributed by atoms with Gasteiger partial charge in [0, 0.05) is 17.8 Å². The summed E-state index contributed by atoms with van der Waals surface area (Å²) in [6, 6.07) is 0. The predicted molar refractivity (Wildman–Crippen MR) is 115 cm³/mol. The van der Waals surface area contributed by atoms with E-state index in [4.69, 9.17) is 9.97 Å². The Morgan fingerprint density at radius 1 is 0.577 bits per heavy atom. The third-order valence-corrected chi connectivity index (χ3v) is 5.27. The second kappa shape index (κ2) is 15.2. The molecule has 0 saturated carbocycles. The van der Waals surface area contributed by atoms with Gasteiger partial charge in [0.05, 0.1) is 0 Å². The summed E-state index contributed by atoms with van der Waals surface area (Å²) >= 11 is 0. The molecule has 1 aromatic heterocycles. The van der Waals surface area contributed by atoms with Gasteiger partial charge in [-0.15, -0.1) is 0 Å². The molecule has 0 saturated heterocycles. The molecule has 0 N–H and O–H groups in total. The zero-order chi connectivity index (χ0) is 19.0. The molecule has 0 amide bonds. The van der Waals surface area contributed by atoms with Crippen LogP contribution in [0.2, 0.25) is 0 Å². The summed E-state index contributed by atoms with van der Waals surface area (Å²) in [7, 11) is 0. The minimum Gasteiger partial charge on any atom is -0.237 e. The highest BCUT2D eigenvalue weighted by atomic mass is 14.9. The molecule has 26 heavy (non-hydrogen) atoms. The quantitative estimate of drug-likeness (QED) is 0.287. The van der Waals surface area contributed by atoms with Gasteiger partial charge in [-0.25, -0.2) is 9.97 Å². The summed E-state index contributed by atoms with van der Waals surface area (Å²) in [4.78, 5) is 9.85. The Morgan fingerprint density at radius 3 is 1.38 bits per heavy atom. The van der Waals surface area contributed by atoms with Crippen molar-refractivity contribution in [2.45, 2.75) is 124 Å². The molecule has 1 rings (SSSR count). The van der Waals surface area contributed by atoms with Crippen molar-refractivity contribution in [3.05, 3.63) is 29.2 Å². The third kappa shape index (κ3) is 9.14. The van der Waals surface area contributed by atoms with Crippen LogP contribution >= 0.6 is 0 Å². The zero-order valence-corrected chi connectivity index (χ0v) is 18.1. The minimum atomic E-state index is 0.943. The highest BCUT2D eigenvalue weighted by molar-refractivity contribution is 5.28. The molecule has 0 bridgehead atoms. The van der Waals surface area contributed by atoms with Gasteiger partial charge in [0.25, 0.3) is 0 Å². The zero-order valence-electron chi connectivity index (χ0n) is 18.1. The fourth-order valence-electron chi connectivity index (χ4n) is 3.60. The maximum atomic E-state index is 4.93. The fraction of sp³-hybridized carbons (Fsp3) is 0.792. The van der Waals surface area contributed by atoms with Crippen LogP contribution in [0.1, 0.15) is 128 Å². The normalized spacial score (nSPS) is 11.2. The third-order valence-electron chi connectivity index (χ3n) is 5.27. The van der Waals surface area contributed by atoms with Crippen molar-refractivity contribution in [1.29, 1.82) is 0 Å². The highest BCUT2D eigenvalue weighted by Gasteiger charge is 2.14. The number of hydrogen-bond donors (Lipinski definition) is 0. The molecule has 0 aromatic carbocycles. The monoisotopic (exact) mass is 359 g/mol. The Balaban J connectivity index is 2.88. The van der Waals surface area contributed by atoms with Crippen LogP contribution in [-0.2, 0) is 19.3 Å². The van der Waals surface area contributed by atoms with Gasteiger partial charge < -0.3 is 0 Å². The van der Waals surface area contributed by atoms with E-state index in [1.54, 1.807) is 0 Å². The van der Waals surface area contributed by atoms with E-state index in [0.717, 1.165) is 18.7 Å². The van der Waals surface area contributed by atoms with E-state index in [1.807, 2.05) is 0 Å². The van der Waals surface area contributed by atoms with E-state index in [0.29, 0.717) is 0 Å². The smallest absolute Gasteiger partial charge is 0.132 e. The lowest BCUT2D eigenvalue weighted by atomic mass is 9.96. The number of aryl methyl sites for hydroxylation is 2. The molecule has 0 aliphatic rings. The van der Waals surface area contributed by atoms with Crippen LogP contribution in [0.15, 0.2) is 0 Å². The van der Waals surface area contributed by atoms with Crippen molar-refractivity contribution in [3.8, 4) is 0 Å². The Hall–Kier alpha value is -0.920. The maximum Gasteiger partial charge on any atom is 0.132 e. The van der Waals surface area contributed by atoms with Crippen molar-refractivity contribution in [1.82, 2.24) is 9.97 Å². The SMILES string of the molecule is C[CH]c1nc(CCCCCC)c(CCCCCC)c(CCCCCC)n1. The molecule has 1 radical (unpaired) electrons. The van der Waals surface area contributed by atoms with Gasteiger partial charge in [-0.3, -0.25) is 0 Å². The fourth-order valence-corrected chi connectivity index (χ4v) is 3.60. The Bertz CT molecular complexity index is 434. The van der Waals surface area contributed by atoms with Gasteiger partial charge in [-0.05, 0) is 44.1 Å². The van der Waals surface area contributed by atoms with Gasteiger partial charge in [-0.2, -0.15) is 0 Å². The van der Waals surface area contributed by atoms with E-state index >= 15 is 0 Å². The first-order chi connectivity index (χ1) is 12.8. The van der Waals surface area contributed by atoms with Crippen LogP contribution in [0.25, 0.3) is 0 Å².